The van der Waals surface area contributed by atoms with Gasteiger partial charge < -0.3 is 14.6 Å². The summed E-state index contributed by atoms with van der Waals surface area (Å²) in [6.45, 7) is -0.352. The van der Waals surface area contributed by atoms with Gasteiger partial charge in [-0.2, -0.15) is 4.48 Å². The number of carboxylic acid groups (broad SMARTS) is 1. The third-order valence-corrected chi connectivity index (χ3v) is 3.83. The van der Waals surface area contributed by atoms with Crippen LogP contribution in [0.15, 0.2) is 30.3 Å². The lowest BCUT2D eigenvalue weighted by atomic mass is 9.98. The van der Waals surface area contributed by atoms with Gasteiger partial charge in [0, 0.05) is 7.11 Å². The number of alkyl carbamates (subject to hydrolysis) is 1. The summed E-state index contributed by atoms with van der Waals surface area (Å²) in [7, 11) is 2.32. The monoisotopic (exact) mass is 337 g/mol. The zero-order valence-corrected chi connectivity index (χ0v) is 13.1. The van der Waals surface area contributed by atoms with Crippen molar-refractivity contribution in [1.29, 1.82) is 0 Å². The highest BCUT2D eigenvalue weighted by atomic mass is 16.6. The fraction of sp³-hybridized carbons (Fsp3) is 0.333. The number of nitrogens with one attached hydrogen (secondary N) is 1. The average Bonchev–Trinajstić information content (AvgIpc) is 2.58. The number of likely N-dealkylation sites (N-methyl/N-ethyl adjacent to an activating group) is 1. The maximum atomic E-state index is 12.3. The number of aliphatic carboxylic acids is 1. The minimum absolute atomic E-state index is 0.0131. The largest absolute Gasteiger partial charge is 0.471 e. The Morgan fingerprint density at radius 3 is 2.42 bits per heavy atom. The van der Waals surface area contributed by atoms with Crippen LogP contribution in [0.25, 0.3) is 0 Å². The van der Waals surface area contributed by atoms with Crippen LogP contribution in [0.5, 0.6) is 0 Å². The van der Waals surface area contributed by atoms with E-state index in [4.69, 9.17) is 14.6 Å². The first kappa shape index (κ1) is 17.6. The molecular weight excluding hydrogens is 320 g/mol. The Balaban J connectivity index is 2.00. The van der Waals surface area contributed by atoms with Gasteiger partial charge >= 0.3 is 29.6 Å². The van der Waals surface area contributed by atoms with Crippen LogP contribution in [0.2, 0.25) is 0 Å². The molecule has 2 N–H and O–H groups in total. The Kier molecular flexibility index (Phi) is 4.67. The Labute approximate surface area is 137 Å². The van der Waals surface area contributed by atoms with E-state index in [0.717, 1.165) is 12.6 Å². The zero-order valence-electron chi connectivity index (χ0n) is 13.1. The summed E-state index contributed by atoms with van der Waals surface area (Å²) >= 11 is 0. The van der Waals surface area contributed by atoms with Crippen molar-refractivity contribution >= 4 is 23.9 Å². The third kappa shape index (κ3) is 2.99. The molecule has 1 aromatic carbocycles. The molecule has 0 aliphatic carbocycles. The number of ether oxygens (including phenoxy) is 2. The molecule has 128 valence electrons. The third-order valence-electron chi connectivity index (χ3n) is 3.83. The molecule has 1 aliphatic heterocycles. The van der Waals surface area contributed by atoms with E-state index in [2.05, 4.69) is 5.32 Å². The van der Waals surface area contributed by atoms with E-state index in [0.29, 0.717) is 0 Å². The molecule has 0 bridgehead atoms. The number of carbonyl (C=O) groups is 4. The van der Waals surface area contributed by atoms with Gasteiger partial charge in [-0.15, -0.1) is 0 Å². The minimum Gasteiger partial charge on any atom is -0.471 e. The van der Waals surface area contributed by atoms with Gasteiger partial charge in [0.1, 0.15) is 6.61 Å². The highest BCUT2D eigenvalue weighted by Gasteiger charge is 2.71. The van der Waals surface area contributed by atoms with Gasteiger partial charge in [0.2, 0.25) is 0 Å². The lowest BCUT2D eigenvalue weighted by molar-refractivity contribution is -0.803. The number of likely N-dealkylation sites (tertiary alicyclic amines) is 1. The van der Waals surface area contributed by atoms with E-state index in [-0.39, 0.29) is 13.2 Å². The zero-order chi connectivity index (χ0) is 18.0. The van der Waals surface area contributed by atoms with E-state index in [1.807, 2.05) is 6.07 Å². The van der Waals surface area contributed by atoms with Gasteiger partial charge in [-0.05, 0) is 5.56 Å². The number of benzene rings is 1. The standard InChI is InChI=1S/C15H16N2O7/c1-17(11(18)12(19)20)9-15(23-2,13(17)21)16-14(22)24-8-10-6-4-3-5-7-10/h3-7H,8-9H2,1-2H3,(H-,16,19,20,22)/p+1. The fourth-order valence-electron chi connectivity index (χ4n) is 2.49. The van der Waals surface area contributed by atoms with Crippen molar-refractivity contribution < 1.29 is 38.2 Å². The summed E-state index contributed by atoms with van der Waals surface area (Å²) < 4.78 is 9.01. The van der Waals surface area contributed by atoms with Gasteiger partial charge in [0.25, 0.3) is 0 Å². The van der Waals surface area contributed by atoms with Gasteiger partial charge in [-0.1, -0.05) is 30.3 Å². The molecule has 1 saturated heterocycles. The predicted molar refractivity (Wildman–Crippen MR) is 78.2 cm³/mol. The summed E-state index contributed by atoms with van der Waals surface area (Å²) in [6.07, 6.45) is -0.914. The van der Waals surface area contributed by atoms with E-state index >= 15 is 0 Å². The van der Waals surface area contributed by atoms with Gasteiger partial charge in [-0.25, -0.2) is 19.2 Å². The molecule has 3 amide bonds. The summed E-state index contributed by atoms with van der Waals surface area (Å²) in [5.41, 5.74) is -1.03. The number of nitrogens with zero attached hydrogens (tertiary/aromatic N) is 1. The number of carbonyl (C=O) groups excluding carboxylic acids is 3. The number of quaternary nitrogens is 1. The van der Waals surface area contributed by atoms with Crippen LogP contribution in [0, 0.1) is 0 Å². The molecule has 2 unspecified atom stereocenters. The quantitative estimate of drug-likeness (QED) is 0.339. The Hall–Kier alpha value is -2.78. The first-order valence-electron chi connectivity index (χ1n) is 6.97. The van der Waals surface area contributed by atoms with Crippen LogP contribution >= 0.6 is 0 Å². The molecule has 1 fully saturated rings. The molecule has 0 saturated carbocycles. The van der Waals surface area contributed by atoms with Crippen LogP contribution in [-0.4, -0.2) is 59.9 Å². The molecule has 9 heteroatoms. The molecule has 0 radical (unpaired) electrons. The molecule has 9 nitrogen and oxygen atoms in total. The van der Waals surface area contributed by atoms with Crippen molar-refractivity contribution in [3.8, 4) is 0 Å². The molecule has 1 heterocycles. The highest BCUT2D eigenvalue weighted by Crippen LogP contribution is 2.31. The van der Waals surface area contributed by atoms with E-state index in [1.165, 1.54) is 7.11 Å². The summed E-state index contributed by atoms with van der Waals surface area (Å²) in [5, 5.41) is 11.0. The minimum atomic E-state index is -1.78. The average molecular weight is 337 g/mol. The van der Waals surface area contributed by atoms with E-state index in [9.17, 15) is 19.2 Å². The van der Waals surface area contributed by atoms with Crippen molar-refractivity contribution in [1.82, 2.24) is 5.32 Å². The van der Waals surface area contributed by atoms with Crippen molar-refractivity contribution in [2.24, 2.45) is 0 Å². The van der Waals surface area contributed by atoms with E-state index < -0.39 is 34.1 Å². The van der Waals surface area contributed by atoms with Crippen LogP contribution < -0.4 is 5.32 Å². The number of hydrogen-bond acceptors (Lipinski definition) is 6. The molecule has 2 atom stereocenters. The van der Waals surface area contributed by atoms with Gasteiger partial charge in [0.15, 0.2) is 6.54 Å². The predicted octanol–water partition coefficient (Wildman–Crippen LogP) is -0.146. The molecule has 24 heavy (non-hydrogen) atoms. The molecule has 1 aromatic rings. The number of amides is 3. The number of imide groups is 1. The Morgan fingerprint density at radius 1 is 1.29 bits per heavy atom. The van der Waals surface area contributed by atoms with Crippen molar-refractivity contribution in [3.05, 3.63) is 35.9 Å². The fourth-order valence-corrected chi connectivity index (χ4v) is 2.49. The van der Waals surface area contributed by atoms with Crippen LogP contribution in [-0.2, 0) is 30.5 Å². The van der Waals surface area contributed by atoms with Crippen LogP contribution in [0.1, 0.15) is 5.56 Å². The van der Waals surface area contributed by atoms with Crippen molar-refractivity contribution in [3.63, 3.8) is 0 Å². The number of hydrogen-bond donors (Lipinski definition) is 2. The van der Waals surface area contributed by atoms with Crippen LogP contribution in [0.4, 0.5) is 4.79 Å². The number of methoxy groups -OCH3 is 1. The SMILES string of the molecule is COC1(NC(=O)OCc2ccccc2)C[N+](C)(C(=O)C(=O)O)C1=O. The summed E-state index contributed by atoms with van der Waals surface area (Å²) in [6, 6.07) is 8.89. The smallest absolute Gasteiger partial charge is 0.435 e. The summed E-state index contributed by atoms with van der Waals surface area (Å²) in [4.78, 5) is 46.6. The highest BCUT2D eigenvalue weighted by molar-refractivity contribution is 6.31. The number of β-lactam (4-membered cyclic amide) rings is 1. The van der Waals surface area contributed by atoms with Crippen LogP contribution in [0.3, 0.4) is 0 Å². The van der Waals surface area contributed by atoms with Gasteiger partial charge in [0.05, 0.1) is 7.05 Å². The second kappa shape index (κ2) is 6.38. The number of carboxylic acids is 1. The first-order chi connectivity index (χ1) is 11.2. The van der Waals surface area contributed by atoms with Crippen molar-refractivity contribution in [2.75, 3.05) is 20.7 Å². The molecule has 0 spiro atoms. The first-order valence-corrected chi connectivity index (χ1v) is 6.97. The molecular formula is C15H17N2O7+. The summed E-state index contributed by atoms with van der Waals surface area (Å²) in [5.74, 6) is -3.91. The van der Waals surface area contributed by atoms with Gasteiger partial charge in [-0.3, -0.25) is 5.32 Å². The molecule has 0 aromatic heterocycles. The van der Waals surface area contributed by atoms with Crippen molar-refractivity contribution in [2.45, 2.75) is 12.3 Å². The number of rotatable bonds is 4. The Morgan fingerprint density at radius 2 is 1.92 bits per heavy atom. The second-order valence-electron chi connectivity index (χ2n) is 5.48. The lowest BCUT2D eigenvalue weighted by Gasteiger charge is -2.47. The Bertz CT molecular complexity index is 690. The second-order valence-corrected chi connectivity index (χ2v) is 5.48. The normalized spacial score (nSPS) is 25.5. The maximum Gasteiger partial charge on any atom is 0.435 e. The molecule has 2 rings (SSSR count). The lowest BCUT2D eigenvalue weighted by Crippen LogP contribution is -2.84. The molecule has 1 aliphatic rings. The van der Waals surface area contributed by atoms with E-state index in [1.54, 1.807) is 24.3 Å². The maximum absolute atomic E-state index is 12.3. The topological polar surface area (TPSA) is 119 Å².